The highest BCUT2D eigenvalue weighted by Crippen LogP contribution is 2.38. The molecular weight excluding hydrogens is 584 g/mol. The zero-order valence-electron chi connectivity index (χ0n) is 25.2. The Morgan fingerprint density at radius 1 is 1.11 bits per heavy atom. The average Bonchev–Trinajstić information content (AvgIpc) is 3.60. The maximum absolute atomic E-state index is 14.1. The third kappa shape index (κ3) is 5.44. The van der Waals surface area contributed by atoms with Crippen LogP contribution < -0.4 is 24.4 Å². The molecule has 5 rings (SSSR count). The summed E-state index contributed by atoms with van der Waals surface area (Å²) in [5.41, 5.74) is 2.19. The predicted molar refractivity (Wildman–Crippen MR) is 167 cm³/mol. The first-order valence-electron chi connectivity index (χ1n) is 14.0. The molecule has 0 radical (unpaired) electrons. The van der Waals surface area contributed by atoms with Crippen molar-refractivity contribution in [3.05, 3.63) is 106 Å². The van der Waals surface area contributed by atoms with Gasteiger partial charge in [0, 0.05) is 41.9 Å². The summed E-state index contributed by atoms with van der Waals surface area (Å²) in [6, 6.07) is 12.7. The van der Waals surface area contributed by atoms with E-state index < -0.39 is 11.0 Å². The molecule has 11 nitrogen and oxygen atoms in total. The third-order valence-corrected chi connectivity index (χ3v) is 8.61. The number of ether oxygens (including phenoxy) is 2. The van der Waals surface area contributed by atoms with Crippen LogP contribution in [0.25, 0.3) is 17.4 Å². The third-order valence-electron chi connectivity index (χ3n) is 7.62. The van der Waals surface area contributed by atoms with Crippen molar-refractivity contribution in [2.24, 2.45) is 4.99 Å². The molecular formula is C32H32N4O7S. The van der Waals surface area contributed by atoms with Gasteiger partial charge in [-0.15, -0.1) is 0 Å². The van der Waals surface area contributed by atoms with Gasteiger partial charge in [0.1, 0.15) is 29.1 Å². The van der Waals surface area contributed by atoms with E-state index in [2.05, 4.69) is 0 Å². The Bertz CT molecular complexity index is 1980. The standard InChI is InChI=1S/C32H32N4O7S/c1-7-34(8-2)31(38)28-19(4)33-32-35(29(28)23-16-21(41-5)11-14-26(23)42-6)30(37)27(44-32)17-22-12-13-25(43-22)20-10-9-18(3)24(15-20)36(39)40/h9-17,29H,7-8H2,1-6H3/b27-17+/t29-/m0/s1. The van der Waals surface area contributed by atoms with Crippen LogP contribution in [0.3, 0.4) is 0 Å². The van der Waals surface area contributed by atoms with E-state index >= 15 is 0 Å². The molecule has 3 heterocycles. The van der Waals surface area contributed by atoms with Crippen molar-refractivity contribution in [3.8, 4) is 22.8 Å². The zero-order chi connectivity index (χ0) is 31.7. The lowest BCUT2D eigenvalue weighted by Gasteiger charge is -2.30. The number of carbonyl (C=O) groups is 1. The highest BCUT2D eigenvalue weighted by Gasteiger charge is 2.36. The van der Waals surface area contributed by atoms with Crippen LogP contribution in [0.15, 0.2) is 74.0 Å². The average molecular weight is 617 g/mol. The molecule has 228 valence electrons. The molecule has 1 atom stereocenters. The molecule has 0 fully saturated rings. The Morgan fingerprint density at radius 2 is 1.86 bits per heavy atom. The van der Waals surface area contributed by atoms with Gasteiger partial charge >= 0.3 is 0 Å². The maximum Gasteiger partial charge on any atom is 0.273 e. The number of fused-ring (bicyclic) bond motifs is 1. The molecule has 1 aliphatic rings. The SMILES string of the molecule is CCN(CC)C(=O)C1=C(C)N=c2s/c(=C/c3ccc(-c4ccc(C)c([N+](=O)[O-])c4)o3)c(=O)n2[C@H]1c1cc(OC)ccc1OC. The highest BCUT2D eigenvalue weighted by molar-refractivity contribution is 7.07. The van der Waals surface area contributed by atoms with Gasteiger partial charge in [-0.3, -0.25) is 24.3 Å². The minimum Gasteiger partial charge on any atom is -0.497 e. The molecule has 2 aromatic carbocycles. The number of benzene rings is 2. The Balaban J connectivity index is 1.68. The number of allylic oxidation sites excluding steroid dienone is 1. The monoisotopic (exact) mass is 616 g/mol. The zero-order valence-corrected chi connectivity index (χ0v) is 26.1. The number of hydrogen-bond donors (Lipinski definition) is 0. The van der Waals surface area contributed by atoms with Crippen LogP contribution in [0, 0.1) is 17.0 Å². The quantitative estimate of drug-likeness (QED) is 0.199. The number of thiazole rings is 1. The molecule has 12 heteroatoms. The first-order valence-corrected chi connectivity index (χ1v) is 14.8. The van der Waals surface area contributed by atoms with E-state index in [0.717, 1.165) is 0 Å². The fraction of sp³-hybridized carbons (Fsp3) is 0.281. The van der Waals surface area contributed by atoms with Crippen LogP contribution in [0.5, 0.6) is 11.5 Å². The van der Waals surface area contributed by atoms with Gasteiger partial charge < -0.3 is 18.8 Å². The minimum atomic E-state index is -0.827. The second-order valence-electron chi connectivity index (χ2n) is 10.1. The number of nitrogens with zero attached hydrogens (tertiary/aromatic N) is 4. The maximum atomic E-state index is 14.1. The molecule has 44 heavy (non-hydrogen) atoms. The Morgan fingerprint density at radius 3 is 2.52 bits per heavy atom. The number of aryl methyl sites for hydroxylation is 1. The summed E-state index contributed by atoms with van der Waals surface area (Å²) < 4.78 is 19.0. The highest BCUT2D eigenvalue weighted by atomic mass is 32.1. The van der Waals surface area contributed by atoms with Gasteiger partial charge in [-0.1, -0.05) is 23.5 Å². The van der Waals surface area contributed by atoms with Crippen molar-refractivity contribution in [1.82, 2.24) is 9.47 Å². The van der Waals surface area contributed by atoms with E-state index in [-0.39, 0.29) is 17.2 Å². The molecule has 0 aliphatic carbocycles. The van der Waals surface area contributed by atoms with Gasteiger partial charge in [0.2, 0.25) is 0 Å². The smallest absolute Gasteiger partial charge is 0.273 e. The number of rotatable bonds is 9. The molecule has 0 bridgehead atoms. The fourth-order valence-electron chi connectivity index (χ4n) is 5.30. The lowest BCUT2D eigenvalue weighted by molar-refractivity contribution is -0.385. The first-order chi connectivity index (χ1) is 21.1. The molecule has 0 saturated heterocycles. The van der Waals surface area contributed by atoms with E-state index in [9.17, 15) is 19.7 Å². The van der Waals surface area contributed by atoms with Crippen molar-refractivity contribution < 1.29 is 23.6 Å². The van der Waals surface area contributed by atoms with E-state index in [1.165, 1.54) is 29.1 Å². The minimum absolute atomic E-state index is 0.00726. The summed E-state index contributed by atoms with van der Waals surface area (Å²) in [6.07, 6.45) is 1.61. The molecule has 0 unspecified atom stereocenters. The summed E-state index contributed by atoms with van der Waals surface area (Å²) in [5, 5.41) is 11.4. The normalized spacial score (nSPS) is 14.7. The van der Waals surface area contributed by atoms with Crippen LogP contribution in [-0.4, -0.2) is 47.6 Å². The summed E-state index contributed by atoms with van der Waals surface area (Å²) >= 11 is 1.18. The Hall–Kier alpha value is -4.97. The number of likely N-dealkylation sites (N-methyl/N-ethyl adjacent to an activating group) is 1. The molecule has 1 amide bonds. The van der Waals surface area contributed by atoms with Gasteiger partial charge in [0.15, 0.2) is 4.80 Å². The molecule has 1 aliphatic heterocycles. The van der Waals surface area contributed by atoms with Gasteiger partial charge in [0.25, 0.3) is 17.2 Å². The van der Waals surface area contributed by atoms with E-state index in [1.54, 1.807) is 74.4 Å². The fourth-order valence-corrected chi connectivity index (χ4v) is 6.32. The number of nitro benzene ring substituents is 1. The Kier molecular flexibility index (Phi) is 8.54. The van der Waals surface area contributed by atoms with Crippen LogP contribution in [0.2, 0.25) is 0 Å². The van der Waals surface area contributed by atoms with Crippen molar-refractivity contribution in [1.29, 1.82) is 0 Å². The number of hydrogen-bond acceptors (Lipinski definition) is 9. The lowest BCUT2D eigenvalue weighted by Crippen LogP contribution is -2.43. The van der Waals surface area contributed by atoms with Gasteiger partial charge in [0.05, 0.1) is 34.9 Å². The molecule has 4 aromatic rings. The lowest BCUT2D eigenvalue weighted by atomic mass is 9.93. The number of aromatic nitrogens is 1. The predicted octanol–water partition coefficient (Wildman–Crippen LogP) is 4.60. The number of nitro groups is 1. The first kappa shape index (κ1) is 30.5. The number of furan rings is 1. The molecule has 0 saturated carbocycles. The van der Waals surface area contributed by atoms with Crippen molar-refractivity contribution in [2.75, 3.05) is 27.3 Å². The van der Waals surface area contributed by atoms with Crippen LogP contribution >= 0.6 is 11.3 Å². The Labute approximate surface area is 257 Å². The summed E-state index contributed by atoms with van der Waals surface area (Å²) in [6.45, 7) is 8.23. The molecule has 0 N–H and O–H groups in total. The number of methoxy groups -OCH3 is 2. The summed E-state index contributed by atoms with van der Waals surface area (Å²) in [4.78, 5) is 45.9. The second-order valence-corrected chi connectivity index (χ2v) is 11.1. The van der Waals surface area contributed by atoms with Crippen LogP contribution in [0.4, 0.5) is 5.69 Å². The van der Waals surface area contributed by atoms with Crippen molar-refractivity contribution in [3.63, 3.8) is 0 Å². The second kappa shape index (κ2) is 12.3. The van der Waals surface area contributed by atoms with Crippen molar-refractivity contribution in [2.45, 2.75) is 33.7 Å². The van der Waals surface area contributed by atoms with Gasteiger partial charge in [-0.05, 0) is 58.0 Å². The largest absolute Gasteiger partial charge is 0.497 e. The van der Waals surface area contributed by atoms with Gasteiger partial charge in [-0.25, -0.2) is 4.99 Å². The van der Waals surface area contributed by atoms with E-state index in [0.29, 0.717) is 73.4 Å². The summed E-state index contributed by atoms with van der Waals surface area (Å²) in [5.74, 6) is 1.64. The van der Waals surface area contributed by atoms with E-state index in [1.807, 2.05) is 13.8 Å². The van der Waals surface area contributed by atoms with Gasteiger partial charge in [-0.2, -0.15) is 0 Å². The van der Waals surface area contributed by atoms with Crippen LogP contribution in [0.1, 0.15) is 43.7 Å². The van der Waals surface area contributed by atoms with Crippen molar-refractivity contribution >= 4 is 29.0 Å². The summed E-state index contributed by atoms with van der Waals surface area (Å²) in [7, 11) is 3.08. The molecule has 2 aromatic heterocycles. The molecule has 0 spiro atoms. The number of carbonyl (C=O) groups excluding carboxylic acids is 1. The number of amides is 1. The topological polar surface area (TPSA) is 129 Å². The van der Waals surface area contributed by atoms with E-state index in [4.69, 9.17) is 18.9 Å². The van der Waals surface area contributed by atoms with Crippen LogP contribution in [-0.2, 0) is 4.79 Å².